The van der Waals surface area contributed by atoms with Gasteiger partial charge < -0.3 is 10.1 Å². The lowest BCUT2D eigenvalue weighted by Gasteiger charge is -2.10. The number of carbonyl (C=O) groups excluding carboxylic acids is 1. The predicted octanol–water partition coefficient (Wildman–Crippen LogP) is 2.97. The highest BCUT2D eigenvalue weighted by Crippen LogP contribution is 2.28. The molecule has 0 aromatic heterocycles. The SMILES string of the molecule is COc1ccc(S(=O)(=O)Nc2ccc(CC(=O)NC3CC3)cc2)cc1Cl. The summed E-state index contributed by atoms with van der Waals surface area (Å²) in [6, 6.07) is 11.3. The Morgan fingerprint density at radius 3 is 2.46 bits per heavy atom. The van der Waals surface area contributed by atoms with Crippen molar-refractivity contribution in [2.24, 2.45) is 0 Å². The van der Waals surface area contributed by atoms with Crippen molar-refractivity contribution in [2.75, 3.05) is 11.8 Å². The molecule has 0 bridgehead atoms. The van der Waals surface area contributed by atoms with Gasteiger partial charge in [-0.05, 0) is 48.7 Å². The van der Waals surface area contributed by atoms with Gasteiger partial charge in [0.1, 0.15) is 5.75 Å². The zero-order valence-electron chi connectivity index (χ0n) is 14.2. The van der Waals surface area contributed by atoms with E-state index in [1.54, 1.807) is 24.3 Å². The highest BCUT2D eigenvalue weighted by atomic mass is 35.5. The van der Waals surface area contributed by atoms with E-state index in [9.17, 15) is 13.2 Å². The second kappa shape index (κ2) is 7.55. The van der Waals surface area contributed by atoms with Crippen LogP contribution >= 0.6 is 11.6 Å². The van der Waals surface area contributed by atoms with Gasteiger partial charge in [-0.1, -0.05) is 23.7 Å². The van der Waals surface area contributed by atoms with Crippen LogP contribution in [0, 0.1) is 0 Å². The molecule has 3 rings (SSSR count). The normalized spacial score (nSPS) is 13.9. The minimum atomic E-state index is -3.77. The van der Waals surface area contributed by atoms with Gasteiger partial charge in [0.25, 0.3) is 10.0 Å². The van der Waals surface area contributed by atoms with Crippen LogP contribution in [0.15, 0.2) is 47.4 Å². The van der Waals surface area contributed by atoms with Crippen LogP contribution in [0.4, 0.5) is 5.69 Å². The average molecular weight is 395 g/mol. The van der Waals surface area contributed by atoms with Crippen molar-refractivity contribution >= 4 is 33.2 Å². The number of anilines is 1. The molecule has 0 spiro atoms. The summed E-state index contributed by atoms with van der Waals surface area (Å²) < 4.78 is 32.5. The number of carbonyl (C=O) groups is 1. The second-order valence-corrected chi connectivity index (χ2v) is 8.21. The molecule has 6 nitrogen and oxygen atoms in total. The van der Waals surface area contributed by atoms with E-state index in [1.165, 1.54) is 25.3 Å². The van der Waals surface area contributed by atoms with Gasteiger partial charge in [0.15, 0.2) is 0 Å². The molecular weight excluding hydrogens is 376 g/mol. The van der Waals surface area contributed by atoms with Gasteiger partial charge in [-0.25, -0.2) is 8.42 Å². The van der Waals surface area contributed by atoms with E-state index >= 15 is 0 Å². The first kappa shape index (κ1) is 18.5. The first-order chi connectivity index (χ1) is 12.4. The average Bonchev–Trinajstić information content (AvgIpc) is 3.40. The predicted molar refractivity (Wildman–Crippen MR) is 100 cm³/mol. The van der Waals surface area contributed by atoms with Crippen molar-refractivity contribution in [2.45, 2.75) is 30.2 Å². The van der Waals surface area contributed by atoms with Gasteiger partial charge in [-0.3, -0.25) is 9.52 Å². The Balaban J connectivity index is 1.67. The quantitative estimate of drug-likeness (QED) is 0.756. The molecule has 0 saturated heterocycles. The summed E-state index contributed by atoms with van der Waals surface area (Å²) >= 11 is 5.99. The third kappa shape index (κ3) is 4.68. The van der Waals surface area contributed by atoms with Crippen molar-refractivity contribution in [3.05, 3.63) is 53.1 Å². The Morgan fingerprint density at radius 2 is 1.88 bits per heavy atom. The molecule has 26 heavy (non-hydrogen) atoms. The molecule has 1 fully saturated rings. The minimum absolute atomic E-state index is 0.0197. The van der Waals surface area contributed by atoms with E-state index in [2.05, 4.69) is 10.0 Å². The highest BCUT2D eigenvalue weighted by Gasteiger charge is 2.23. The summed E-state index contributed by atoms with van der Waals surface area (Å²) in [7, 11) is -2.32. The van der Waals surface area contributed by atoms with Gasteiger partial charge in [-0.2, -0.15) is 0 Å². The molecule has 1 saturated carbocycles. The maximum Gasteiger partial charge on any atom is 0.261 e. The van der Waals surface area contributed by atoms with Crippen LogP contribution in [0.1, 0.15) is 18.4 Å². The number of hydrogen-bond donors (Lipinski definition) is 2. The number of nitrogens with one attached hydrogen (secondary N) is 2. The Labute approximate surface area is 157 Å². The second-order valence-electron chi connectivity index (χ2n) is 6.12. The number of amides is 1. The molecule has 0 aliphatic heterocycles. The number of benzene rings is 2. The fraction of sp³-hybridized carbons (Fsp3) is 0.278. The molecule has 0 radical (unpaired) electrons. The molecule has 0 unspecified atom stereocenters. The van der Waals surface area contributed by atoms with Crippen LogP contribution in [-0.4, -0.2) is 27.5 Å². The Hall–Kier alpha value is -2.25. The Kier molecular flexibility index (Phi) is 5.38. The molecule has 138 valence electrons. The van der Waals surface area contributed by atoms with Crippen molar-refractivity contribution in [3.63, 3.8) is 0 Å². The number of methoxy groups -OCH3 is 1. The molecule has 1 aliphatic rings. The Morgan fingerprint density at radius 1 is 1.19 bits per heavy atom. The standard InChI is InChI=1S/C18H19ClN2O4S/c1-25-17-9-8-15(11-16(17)19)26(23,24)21-14-4-2-12(3-5-14)10-18(22)20-13-6-7-13/h2-5,8-9,11,13,21H,6-7,10H2,1H3,(H,20,22). The molecule has 0 heterocycles. The first-order valence-electron chi connectivity index (χ1n) is 8.12. The summed E-state index contributed by atoms with van der Waals surface area (Å²) in [5.41, 5.74) is 1.22. The number of halogens is 1. The summed E-state index contributed by atoms with van der Waals surface area (Å²) in [4.78, 5) is 11.8. The van der Waals surface area contributed by atoms with Gasteiger partial charge in [0.05, 0.1) is 23.4 Å². The van der Waals surface area contributed by atoms with E-state index in [-0.39, 0.29) is 22.2 Å². The van der Waals surface area contributed by atoms with Gasteiger partial charge in [-0.15, -0.1) is 0 Å². The van der Waals surface area contributed by atoms with Gasteiger partial charge in [0, 0.05) is 11.7 Å². The van der Waals surface area contributed by atoms with Gasteiger partial charge in [0.2, 0.25) is 5.91 Å². The molecule has 2 aromatic rings. The maximum atomic E-state index is 12.5. The molecule has 1 aliphatic carbocycles. The summed E-state index contributed by atoms with van der Waals surface area (Å²) in [6.07, 6.45) is 2.36. The van der Waals surface area contributed by atoms with Crippen molar-refractivity contribution in [1.29, 1.82) is 0 Å². The summed E-state index contributed by atoms with van der Waals surface area (Å²) in [5.74, 6) is 0.383. The van der Waals surface area contributed by atoms with E-state index in [0.717, 1.165) is 18.4 Å². The van der Waals surface area contributed by atoms with Crippen molar-refractivity contribution < 1.29 is 17.9 Å². The molecule has 0 atom stereocenters. The van der Waals surface area contributed by atoms with E-state index < -0.39 is 10.0 Å². The highest BCUT2D eigenvalue weighted by molar-refractivity contribution is 7.92. The monoisotopic (exact) mass is 394 g/mol. The topological polar surface area (TPSA) is 84.5 Å². The van der Waals surface area contributed by atoms with Crippen LogP contribution in [0.2, 0.25) is 5.02 Å². The summed E-state index contributed by atoms with van der Waals surface area (Å²) in [5, 5.41) is 3.13. The largest absolute Gasteiger partial charge is 0.495 e. The molecule has 1 amide bonds. The van der Waals surface area contributed by atoms with Crippen LogP contribution in [0.5, 0.6) is 5.75 Å². The third-order valence-electron chi connectivity index (χ3n) is 3.95. The zero-order chi connectivity index (χ0) is 18.7. The Bertz CT molecular complexity index is 909. The van der Waals surface area contributed by atoms with Crippen LogP contribution < -0.4 is 14.8 Å². The first-order valence-corrected chi connectivity index (χ1v) is 9.98. The lowest BCUT2D eigenvalue weighted by Crippen LogP contribution is -2.26. The fourth-order valence-electron chi connectivity index (χ4n) is 2.41. The van der Waals surface area contributed by atoms with E-state index in [1.807, 2.05) is 0 Å². The summed E-state index contributed by atoms with van der Waals surface area (Å²) in [6.45, 7) is 0. The van der Waals surface area contributed by atoms with Crippen LogP contribution in [0.25, 0.3) is 0 Å². The van der Waals surface area contributed by atoms with Crippen LogP contribution in [-0.2, 0) is 21.2 Å². The van der Waals surface area contributed by atoms with Crippen molar-refractivity contribution in [1.82, 2.24) is 5.32 Å². The van der Waals surface area contributed by atoms with Crippen molar-refractivity contribution in [3.8, 4) is 5.75 Å². The number of sulfonamides is 1. The smallest absolute Gasteiger partial charge is 0.261 e. The van der Waals surface area contributed by atoms with Crippen LogP contribution in [0.3, 0.4) is 0 Å². The van der Waals surface area contributed by atoms with E-state index in [0.29, 0.717) is 17.5 Å². The molecule has 8 heteroatoms. The lowest BCUT2D eigenvalue weighted by molar-refractivity contribution is -0.120. The zero-order valence-corrected chi connectivity index (χ0v) is 15.7. The van der Waals surface area contributed by atoms with Gasteiger partial charge >= 0.3 is 0 Å². The maximum absolute atomic E-state index is 12.5. The lowest BCUT2D eigenvalue weighted by atomic mass is 10.1. The minimum Gasteiger partial charge on any atom is -0.495 e. The van der Waals surface area contributed by atoms with E-state index in [4.69, 9.17) is 16.3 Å². The fourth-order valence-corrected chi connectivity index (χ4v) is 3.82. The number of rotatable bonds is 7. The molecule has 2 aromatic carbocycles. The number of ether oxygens (including phenoxy) is 1. The molecule has 2 N–H and O–H groups in total. The third-order valence-corrected chi connectivity index (χ3v) is 5.62. The molecular formula is C18H19ClN2O4S. The number of hydrogen-bond acceptors (Lipinski definition) is 4.